The average molecular weight is 241 g/mol. The number of halogens is 1. The minimum Gasteiger partial charge on any atom is -0.449 e. The van der Waals surface area contributed by atoms with Gasteiger partial charge in [-0.15, -0.1) is 0 Å². The first-order valence-corrected chi connectivity index (χ1v) is 5.15. The van der Waals surface area contributed by atoms with Crippen LogP contribution in [0.5, 0.6) is 0 Å². The molecular weight excluding hydrogens is 233 g/mol. The van der Waals surface area contributed by atoms with Crippen molar-refractivity contribution in [1.82, 2.24) is 0 Å². The van der Waals surface area contributed by atoms with Gasteiger partial charge in [0.2, 0.25) is 5.76 Å². The standard InChI is InChI=1S/C13H8FN3O/c14-12-5-9(6-15)1-4-13(12)17-8-11-3-2-10(7-16)18-11/h1-5,17H,8H2. The van der Waals surface area contributed by atoms with Crippen LogP contribution < -0.4 is 5.32 Å². The van der Waals surface area contributed by atoms with Gasteiger partial charge in [0.15, 0.2) is 0 Å². The van der Waals surface area contributed by atoms with E-state index in [1.807, 2.05) is 12.1 Å². The third kappa shape index (κ3) is 2.47. The zero-order chi connectivity index (χ0) is 13.0. The summed E-state index contributed by atoms with van der Waals surface area (Å²) in [4.78, 5) is 0. The molecule has 0 bridgehead atoms. The maximum Gasteiger partial charge on any atom is 0.203 e. The molecular formula is C13H8FN3O. The summed E-state index contributed by atoms with van der Waals surface area (Å²) in [6.45, 7) is 0.268. The second kappa shape index (κ2) is 5.03. The van der Waals surface area contributed by atoms with Gasteiger partial charge in [-0.05, 0) is 30.3 Å². The molecule has 5 heteroatoms. The number of nitrogens with one attached hydrogen (secondary N) is 1. The van der Waals surface area contributed by atoms with Crippen LogP contribution in [-0.4, -0.2) is 0 Å². The summed E-state index contributed by atoms with van der Waals surface area (Å²) in [5.41, 5.74) is 0.548. The van der Waals surface area contributed by atoms with Crippen LogP contribution in [0.25, 0.3) is 0 Å². The molecule has 0 spiro atoms. The van der Waals surface area contributed by atoms with Crippen molar-refractivity contribution < 1.29 is 8.81 Å². The maximum atomic E-state index is 13.5. The van der Waals surface area contributed by atoms with E-state index in [1.165, 1.54) is 12.1 Å². The second-order valence-corrected chi connectivity index (χ2v) is 3.54. The number of hydrogen-bond acceptors (Lipinski definition) is 4. The van der Waals surface area contributed by atoms with Gasteiger partial charge in [-0.2, -0.15) is 10.5 Å². The van der Waals surface area contributed by atoms with Gasteiger partial charge < -0.3 is 9.73 Å². The maximum absolute atomic E-state index is 13.5. The molecule has 2 aromatic rings. The number of nitriles is 2. The molecule has 1 aromatic heterocycles. The Labute approximate surface area is 103 Å². The third-order valence-electron chi connectivity index (χ3n) is 2.32. The predicted molar refractivity (Wildman–Crippen MR) is 61.9 cm³/mol. The van der Waals surface area contributed by atoms with E-state index >= 15 is 0 Å². The van der Waals surface area contributed by atoms with Gasteiger partial charge in [0.1, 0.15) is 17.6 Å². The van der Waals surface area contributed by atoms with Crippen LogP contribution >= 0.6 is 0 Å². The van der Waals surface area contributed by atoms with Crippen molar-refractivity contribution in [3.8, 4) is 12.1 Å². The molecule has 2 rings (SSSR count). The lowest BCUT2D eigenvalue weighted by Gasteiger charge is -2.05. The Morgan fingerprint density at radius 1 is 1.17 bits per heavy atom. The summed E-state index contributed by atoms with van der Waals surface area (Å²) in [6.07, 6.45) is 0. The van der Waals surface area contributed by atoms with Crippen LogP contribution in [-0.2, 0) is 6.54 Å². The largest absolute Gasteiger partial charge is 0.449 e. The second-order valence-electron chi connectivity index (χ2n) is 3.54. The first-order valence-electron chi connectivity index (χ1n) is 5.15. The first kappa shape index (κ1) is 11.7. The number of furan rings is 1. The normalized spacial score (nSPS) is 9.50. The minimum absolute atomic E-state index is 0.215. The summed E-state index contributed by atoms with van der Waals surface area (Å²) < 4.78 is 18.7. The van der Waals surface area contributed by atoms with Crippen LogP contribution in [0.1, 0.15) is 17.1 Å². The van der Waals surface area contributed by atoms with Crippen molar-refractivity contribution in [3.05, 3.63) is 53.2 Å². The fourth-order valence-electron chi connectivity index (χ4n) is 1.44. The zero-order valence-electron chi connectivity index (χ0n) is 9.27. The Morgan fingerprint density at radius 2 is 2.00 bits per heavy atom. The SMILES string of the molecule is N#Cc1ccc(NCc2ccc(C#N)o2)c(F)c1. The molecule has 0 aliphatic heterocycles. The van der Waals surface area contributed by atoms with Gasteiger partial charge >= 0.3 is 0 Å². The van der Waals surface area contributed by atoms with Crippen molar-refractivity contribution in [2.75, 3.05) is 5.32 Å². The van der Waals surface area contributed by atoms with Gasteiger partial charge in [-0.1, -0.05) is 0 Å². The van der Waals surface area contributed by atoms with E-state index < -0.39 is 5.82 Å². The van der Waals surface area contributed by atoms with Gasteiger partial charge in [-0.3, -0.25) is 0 Å². The number of anilines is 1. The van der Waals surface area contributed by atoms with E-state index in [0.29, 0.717) is 5.76 Å². The van der Waals surface area contributed by atoms with Gasteiger partial charge in [0.25, 0.3) is 0 Å². The number of nitrogens with zero attached hydrogens (tertiary/aromatic N) is 2. The Bertz CT molecular complexity index is 649. The molecule has 0 saturated carbocycles. The zero-order valence-corrected chi connectivity index (χ0v) is 9.27. The molecule has 0 amide bonds. The highest BCUT2D eigenvalue weighted by molar-refractivity contribution is 5.48. The van der Waals surface area contributed by atoms with Gasteiger partial charge in [0.05, 0.1) is 23.9 Å². The molecule has 0 atom stereocenters. The fourth-order valence-corrected chi connectivity index (χ4v) is 1.44. The van der Waals surface area contributed by atoms with Crippen LogP contribution in [0.2, 0.25) is 0 Å². The van der Waals surface area contributed by atoms with Crippen LogP contribution in [0.3, 0.4) is 0 Å². The molecule has 88 valence electrons. The highest BCUT2D eigenvalue weighted by atomic mass is 19.1. The Balaban J connectivity index is 2.07. The molecule has 1 N–H and O–H groups in total. The molecule has 4 nitrogen and oxygen atoms in total. The topological polar surface area (TPSA) is 72.8 Å². The Hall–Kier alpha value is -2.79. The molecule has 1 heterocycles. The third-order valence-corrected chi connectivity index (χ3v) is 2.32. The molecule has 0 aliphatic carbocycles. The summed E-state index contributed by atoms with van der Waals surface area (Å²) in [7, 11) is 0. The van der Waals surface area contributed by atoms with E-state index in [9.17, 15) is 4.39 Å². The minimum atomic E-state index is -0.499. The molecule has 0 unspecified atom stereocenters. The predicted octanol–water partition coefficient (Wildman–Crippen LogP) is 2.77. The summed E-state index contributed by atoms with van der Waals surface area (Å²) >= 11 is 0. The van der Waals surface area contributed by atoms with E-state index in [4.69, 9.17) is 14.9 Å². The first-order chi connectivity index (χ1) is 8.72. The fraction of sp³-hybridized carbons (Fsp3) is 0.0769. The Kier molecular flexibility index (Phi) is 3.26. The quantitative estimate of drug-likeness (QED) is 0.896. The van der Waals surface area contributed by atoms with E-state index in [-0.39, 0.29) is 23.6 Å². The van der Waals surface area contributed by atoms with E-state index in [0.717, 1.165) is 6.07 Å². The van der Waals surface area contributed by atoms with Crippen molar-refractivity contribution in [2.24, 2.45) is 0 Å². The van der Waals surface area contributed by atoms with Gasteiger partial charge in [-0.25, -0.2) is 4.39 Å². The molecule has 0 aliphatic rings. The average Bonchev–Trinajstić information content (AvgIpc) is 2.85. The highest BCUT2D eigenvalue weighted by Gasteiger charge is 2.05. The molecule has 18 heavy (non-hydrogen) atoms. The molecule has 0 saturated heterocycles. The van der Waals surface area contributed by atoms with Crippen LogP contribution in [0, 0.1) is 28.5 Å². The lowest BCUT2D eigenvalue weighted by atomic mass is 10.2. The number of benzene rings is 1. The van der Waals surface area contributed by atoms with E-state index in [1.54, 1.807) is 12.1 Å². The van der Waals surface area contributed by atoms with Crippen molar-refractivity contribution in [2.45, 2.75) is 6.54 Å². The van der Waals surface area contributed by atoms with Crippen molar-refractivity contribution in [1.29, 1.82) is 10.5 Å². The lowest BCUT2D eigenvalue weighted by molar-refractivity contribution is 0.505. The van der Waals surface area contributed by atoms with Crippen LogP contribution in [0.4, 0.5) is 10.1 Å². The number of hydrogen-bond donors (Lipinski definition) is 1. The highest BCUT2D eigenvalue weighted by Crippen LogP contribution is 2.17. The van der Waals surface area contributed by atoms with Gasteiger partial charge in [0, 0.05) is 0 Å². The molecule has 0 fully saturated rings. The Morgan fingerprint density at radius 3 is 2.61 bits per heavy atom. The monoisotopic (exact) mass is 241 g/mol. The summed E-state index contributed by atoms with van der Waals surface area (Å²) in [5.74, 6) is 0.253. The molecule has 0 radical (unpaired) electrons. The van der Waals surface area contributed by atoms with Crippen molar-refractivity contribution >= 4 is 5.69 Å². The summed E-state index contributed by atoms with van der Waals surface area (Å²) in [5, 5.41) is 20.0. The van der Waals surface area contributed by atoms with E-state index in [2.05, 4.69) is 5.32 Å². The lowest BCUT2D eigenvalue weighted by Crippen LogP contribution is -2.00. The smallest absolute Gasteiger partial charge is 0.203 e. The summed E-state index contributed by atoms with van der Waals surface area (Å²) in [6, 6.07) is 11.1. The molecule has 1 aromatic carbocycles. The van der Waals surface area contributed by atoms with Crippen molar-refractivity contribution in [3.63, 3.8) is 0 Å². The number of rotatable bonds is 3. The van der Waals surface area contributed by atoms with Crippen LogP contribution in [0.15, 0.2) is 34.7 Å².